The van der Waals surface area contributed by atoms with Crippen molar-refractivity contribution in [2.75, 3.05) is 39.9 Å². The lowest BCUT2D eigenvalue weighted by Crippen LogP contribution is -2.52. The predicted octanol–water partition coefficient (Wildman–Crippen LogP) is 3.51. The normalized spacial score (nSPS) is 16.6. The number of urea groups is 1. The Hall–Kier alpha value is -2.52. The molecule has 1 aromatic carbocycles. The Balaban J connectivity index is 1.59. The third-order valence-electron chi connectivity index (χ3n) is 4.87. The number of alkyl halides is 3. The van der Waals surface area contributed by atoms with Crippen LogP contribution in [0.5, 0.6) is 0 Å². The van der Waals surface area contributed by atoms with Crippen LogP contribution in [0.3, 0.4) is 0 Å². The van der Waals surface area contributed by atoms with Gasteiger partial charge in [0.05, 0.1) is 31.0 Å². The highest BCUT2D eigenvalue weighted by Crippen LogP contribution is 2.31. The molecule has 9 heteroatoms. The van der Waals surface area contributed by atoms with Gasteiger partial charge in [-0.1, -0.05) is 12.1 Å². The maximum absolute atomic E-state index is 13.0. The molecule has 0 bridgehead atoms. The number of nitrogens with zero attached hydrogens (tertiary/aromatic N) is 2. The third-order valence-corrected chi connectivity index (χ3v) is 4.87. The summed E-state index contributed by atoms with van der Waals surface area (Å²) in [5, 5.41) is 2.80. The van der Waals surface area contributed by atoms with E-state index in [9.17, 15) is 18.0 Å². The Morgan fingerprint density at radius 2 is 1.97 bits per heavy atom. The molecule has 3 rings (SSSR count). The molecule has 6 nitrogen and oxygen atoms in total. The summed E-state index contributed by atoms with van der Waals surface area (Å²) in [6.45, 7) is 3.17. The van der Waals surface area contributed by atoms with E-state index in [4.69, 9.17) is 9.15 Å². The van der Waals surface area contributed by atoms with Crippen LogP contribution in [0.25, 0.3) is 0 Å². The van der Waals surface area contributed by atoms with Gasteiger partial charge in [-0.15, -0.1) is 0 Å². The molecule has 0 saturated carbocycles. The molecule has 29 heavy (non-hydrogen) atoms. The zero-order chi connectivity index (χ0) is 20.9. The average molecular weight is 411 g/mol. The summed E-state index contributed by atoms with van der Waals surface area (Å²) >= 11 is 0. The Bertz CT molecular complexity index is 788. The number of furan rings is 1. The van der Waals surface area contributed by atoms with Crippen molar-refractivity contribution < 1.29 is 27.1 Å². The molecular formula is C20H24F3N3O3. The monoisotopic (exact) mass is 411 g/mol. The van der Waals surface area contributed by atoms with Crippen LogP contribution in [0.15, 0.2) is 47.1 Å². The summed E-state index contributed by atoms with van der Waals surface area (Å²) in [6.07, 6.45) is -2.81. The maximum atomic E-state index is 13.0. The number of hydrogen-bond donors (Lipinski definition) is 1. The van der Waals surface area contributed by atoms with Gasteiger partial charge >= 0.3 is 12.2 Å². The van der Waals surface area contributed by atoms with Crippen molar-refractivity contribution in [1.82, 2.24) is 15.1 Å². The Morgan fingerprint density at radius 1 is 1.21 bits per heavy atom. The molecule has 1 unspecified atom stereocenters. The summed E-state index contributed by atoms with van der Waals surface area (Å²) < 4.78 is 49.5. The van der Waals surface area contributed by atoms with Crippen LogP contribution in [-0.2, 0) is 17.5 Å². The minimum atomic E-state index is -4.44. The van der Waals surface area contributed by atoms with Crippen molar-refractivity contribution in [1.29, 1.82) is 0 Å². The van der Waals surface area contributed by atoms with E-state index in [0.29, 0.717) is 38.3 Å². The molecule has 1 saturated heterocycles. The van der Waals surface area contributed by atoms with Crippen molar-refractivity contribution in [3.63, 3.8) is 0 Å². The molecule has 1 N–H and O–H groups in total. The third kappa shape index (κ3) is 5.74. The first kappa shape index (κ1) is 21.2. The van der Waals surface area contributed by atoms with Gasteiger partial charge in [0, 0.05) is 33.3 Å². The second kappa shape index (κ2) is 9.32. The SMILES string of the molecule is COCC(NC(=O)N1CCN(Cc2ccco2)CC1)c1cccc(C(F)(F)F)c1. The first-order valence-corrected chi connectivity index (χ1v) is 9.33. The van der Waals surface area contributed by atoms with Gasteiger partial charge in [-0.3, -0.25) is 4.90 Å². The maximum Gasteiger partial charge on any atom is 0.416 e. The van der Waals surface area contributed by atoms with Gasteiger partial charge in [-0.2, -0.15) is 13.2 Å². The summed E-state index contributed by atoms with van der Waals surface area (Å²) in [5.74, 6) is 0.868. The standard InChI is InChI=1S/C20H24F3N3O3/c1-28-14-18(15-4-2-5-16(12-15)20(21,22)23)24-19(27)26-9-7-25(8-10-26)13-17-6-3-11-29-17/h2-6,11-12,18H,7-10,13-14H2,1H3,(H,24,27). The fourth-order valence-corrected chi connectivity index (χ4v) is 3.29. The molecular weight excluding hydrogens is 387 g/mol. The molecule has 1 fully saturated rings. The molecule has 1 aliphatic heterocycles. The fraction of sp³-hybridized carbons (Fsp3) is 0.450. The van der Waals surface area contributed by atoms with E-state index < -0.39 is 17.8 Å². The van der Waals surface area contributed by atoms with Gasteiger partial charge < -0.3 is 19.4 Å². The van der Waals surface area contributed by atoms with Crippen LogP contribution in [0.4, 0.5) is 18.0 Å². The zero-order valence-corrected chi connectivity index (χ0v) is 16.1. The first-order chi connectivity index (χ1) is 13.9. The zero-order valence-electron chi connectivity index (χ0n) is 16.1. The topological polar surface area (TPSA) is 58.0 Å². The lowest BCUT2D eigenvalue weighted by molar-refractivity contribution is -0.137. The number of carbonyl (C=O) groups excluding carboxylic acids is 1. The number of benzene rings is 1. The van der Waals surface area contributed by atoms with Crippen molar-refractivity contribution in [3.05, 3.63) is 59.5 Å². The van der Waals surface area contributed by atoms with Gasteiger partial charge in [0.25, 0.3) is 0 Å². The molecule has 0 aliphatic carbocycles. The Kier molecular flexibility index (Phi) is 6.81. The molecule has 2 aromatic rings. The summed E-state index contributed by atoms with van der Waals surface area (Å²) in [5.41, 5.74) is -0.400. The lowest BCUT2D eigenvalue weighted by Gasteiger charge is -2.35. The smallest absolute Gasteiger partial charge is 0.416 e. The summed E-state index contributed by atoms with van der Waals surface area (Å²) in [6, 6.07) is 7.70. The number of hydrogen-bond acceptors (Lipinski definition) is 4. The van der Waals surface area contributed by atoms with Crippen molar-refractivity contribution >= 4 is 6.03 Å². The van der Waals surface area contributed by atoms with E-state index >= 15 is 0 Å². The second-order valence-electron chi connectivity index (χ2n) is 6.92. The van der Waals surface area contributed by atoms with Crippen LogP contribution in [0.1, 0.15) is 22.9 Å². The van der Waals surface area contributed by atoms with Gasteiger partial charge in [-0.05, 0) is 29.8 Å². The Labute approximate surface area is 167 Å². The number of piperazine rings is 1. The number of amides is 2. The predicted molar refractivity (Wildman–Crippen MR) is 100 cm³/mol. The summed E-state index contributed by atoms with van der Waals surface area (Å²) in [4.78, 5) is 16.5. The van der Waals surface area contributed by atoms with Crippen LogP contribution in [0.2, 0.25) is 0 Å². The molecule has 1 atom stereocenters. The quantitative estimate of drug-likeness (QED) is 0.790. The molecule has 2 amide bonds. The van der Waals surface area contributed by atoms with Crippen LogP contribution in [0, 0.1) is 0 Å². The number of nitrogens with one attached hydrogen (secondary N) is 1. The molecule has 0 spiro atoms. The van der Waals surface area contributed by atoms with Crippen LogP contribution in [-0.4, -0.2) is 55.7 Å². The lowest BCUT2D eigenvalue weighted by atomic mass is 10.0. The number of methoxy groups -OCH3 is 1. The van der Waals surface area contributed by atoms with E-state index in [2.05, 4.69) is 10.2 Å². The molecule has 1 aromatic heterocycles. The Morgan fingerprint density at radius 3 is 2.59 bits per heavy atom. The van der Waals surface area contributed by atoms with E-state index in [1.165, 1.54) is 13.2 Å². The van der Waals surface area contributed by atoms with Gasteiger partial charge in [0.15, 0.2) is 0 Å². The second-order valence-corrected chi connectivity index (χ2v) is 6.92. The molecule has 2 heterocycles. The largest absolute Gasteiger partial charge is 0.468 e. The van der Waals surface area contributed by atoms with Crippen molar-refractivity contribution in [2.24, 2.45) is 0 Å². The molecule has 0 radical (unpaired) electrons. The van der Waals surface area contributed by atoms with E-state index in [-0.39, 0.29) is 12.6 Å². The van der Waals surface area contributed by atoms with Gasteiger partial charge in [0.1, 0.15) is 5.76 Å². The van der Waals surface area contributed by atoms with Gasteiger partial charge in [-0.25, -0.2) is 4.79 Å². The average Bonchev–Trinajstić information content (AvgIpc) is 3.20. The van der Waals surface area contributed by atoms with Gasteiger partial charge in [0.2, 0.25) is 0 Å². The number of ether oxygens (including phenoxy) is 1. The van der Waals surface area contributed by atoms with E-state index in [1.807, 2.05) is 12.1 Å². The van der Waals surface area contributed by atoms with E-state index in [1.54, 1.807) is 17.2 Å². The molecule has 1 aliphatic rings. The van der Waals surface area contributed by atoms with Crippen LogP contribution < -0.4 is 5.32 Å². The van der Waals surface area contributed by atoms with E-state index in [0.717, 1.165) is 17.9 Å². The van der Waals surface area contributed by atoms with Crippen molar-refractivity contribution in [3.8, 4) is 0 Å². The highest BCUT2D eigenvalue weighted by atomic mass is 19.4. The van der Waals surface area contributed by atoms with Crippen LogP contribution >= 0.6 is 0 Å². The van der Waals surface area contributed by atoms with Crippen molar-refractivity contribution in [2.45, 2.75) is 18.8 Å². The molecule has 158 valence electrons. The number of carbonyl (C=O) groups is 1. The number of halogens is 3. The highest BCUT2D eigenvalue weighted by Gasteiger charge is 2.31. The highest BCUT2D eigenvalue weighted by molar-refractivity contribution is 5.75. The fourth-order valence-electron chi connectivity index (χ4n) is 3.29. The minimum absolute atomic E-state index is 0.0749. The first-order valence-electron chi connectivity index (χ1n) is 9.33. The summed E-state index contributed by atoms with van der Waals surface area (Å²) in [7, 11) is 1.44. The number of rotatable bonds is 6. The minimum Gasteiger partial charge on any atom is -0.468 e.